The number of amides is 1. The second-order valence-corrected chi connectivity index (χ2v) is 4.98. The number of hydrogen-bond donors (Lipinski definition) is 1. The van der Waals surface area contributed by atoms with Crippen molar-refractivity contribution in [2.24, 2.45) is 5.73 Å². The Kier molecular flexibility index (Phi) is 3.92. The average molecular weight is 273 g/mol. The Hall–Kier alpha value is -0.770. The van der Waals surface area contributed by atoms with Crippen LogP contribution in [-0.4, -0.2) is 30.4 Å². The minimum absolute atomic E-state index is 0.0789. The van der Waals surface area contributed by atoms with E-state index in [0.717, 1.165) is 5.56 Å². The molecule has 2 N–H and O–H groups in total. The molecule has 1 fully saturated rings. The largest absolute Gasteiger partial charge is 0.341 e. The van der Waals surface area contributed by atoms with Gasteiger partial charge in [-0.2, -0.15) is 0 Å². The second kappa shape index (κ2) is 5.25. The average Bonchev–Trinajstić information content (AvgIpc) is 2.60. The van der Waals surface area contributed by atoms with Crippen molar-refractivity contribution in [2.45, 2.75) is 12.3 Å². The lowest BCUT2D eigenvalue weighted by Crippen LogP contribution is -2.30. The van der Waals surface area contributed by atoms with Crippen molar-refractivity contribution in [1.29, 1.82) is 0 Å². The highest BCUT2D eigenvalue weighted by molar-refractivity contribution is 6.36. The van der Waals surface area contributed by atoms with Gasteiger partial charge in [0.05, 0.1) is 0 Å². The molecule has 0 aromatic heterocycles. The summed E-state index contributed by atoms with van der Waals surface area (Å²) in [4.78, 5) is 13.5. The zero-order valence-corrected chi connectivity index (χ0v) is 10.8. The van der Waals surface area contributed by atoms with E-state index in [1.165, 1.54) is 0 Å². The van der Waals surface area contributed by atoms with Crippen LogP contribution in [0, 0.1) is 0 Å². The van der Waals surface area contributed by atoms with Crippen LogP contribution in [0.5, 0.6) is 0 Å². The van der Waals surface area contributed by atoms with Crippen LogP contribution in [0.1, 0.15) is 17.9 Å². The van der Waals surface area contributed by atoms with Crippen LogP contribution in [-0.2, 0) is 4.79 Å². The molecule has 1 unspecified atom stereocenters. The first-order valence-corrected chi connectivity index (χ1v) is 6.31. The fraction of sp³-hybridized carbons (Fsp3) is 0.417. The van der Waals surface area contributed by atoms with Gasteiger partial charge in [0.2, 0.25) is 5.91 Å². The quantitative estimate of drug-likeness (QED) is 0.918. The molecule has 0 bridgehead atoms. The summed E-state index contributed by atoms with van der Waals surface area (Å²) in [6.45, 7) is 1.73. The number of nitrogens with zero attached hydrogens (tertiary/aromatic N) is 1. The number of nitrogens with two attached hydrogens (primary N) is 1. The molecule has 92 valence electrons. The van der Waals surface area contributed by atoms with Crippen LogP contribution in [0.3, 0.4) is 0 Å². The highest BCUT2D eigenvalue weighted by Gasteiger charge is 2.32. The molecule has 1 atom stereocenters. The Morgan fingerprint density at radius 1 is 1.35 bits per heavy atom. The summed E-state index contributed by atoms with van der Waals surface area (Å²) >= 11 is 12.3. The number of hydrogen-bond acceptors (Lipinski definition) is 2. The number of carbonyl (C=O) groups is 1. The maximum Gasteiger partial charge on any atom is 0.223 e. The van der Waals surface area contributed by atoms with Crippen molar-refractivity contribution in [1.82, 2.24) is 4.90 Å². The smallest absolute Gasteiger partial charge is 0.223 e. The van der Waals surface area contributed by atoms with Gasteiger partial charge in [0, 0.05) is 42.0 Å². The molecule has 1 aliphatic rings. The van der Waals surface area contributed by atoms with E-state index < -0.39 is 0 Å². The number of benzene rings is 1. The Balaban J connectivity index is 2.22. The molecule has 1 aromatic carbocycles. The molecule has 1 heterocycles. The molecule has 2 rings (SSSR count). The first kappa shape index (κ1) is 12.7. The van der Waals surface area contributed by atoms with E-state index in [0.29, 0.717) is 36.1 Å². The summed E-state index contributed by atoms with van der Waals surface area (Å²) in [7, 11) is 0. The SMILES string of the molecule is NCCN1CC(c2c(Cl)cccc2Cl)CC1=O. The standard InChI is InChI=1S/C12H14Cl2N2O/c13-9-2-1-3-10(14)12(9)8-6-11(17)16(7-8)5-4-15/h1-3,8H,4-7,15H2. The molecule has 3 nitrogen and oxygen atoms in total. The third-order valence-corrected chi connectivity index (χ3v) is 3.68. The van der Waals surface area contributed by atoms with Crippen LogP contribution in [0.4, 0.5) is 0 Å². The number of halogens is 2. The van der Waals surface area contributed by atoms with E-state index in [-0.39, 0.29) is 11.8 Å². The third kappa shape index (κ3) is 2.57. The van der Waals surface area contributed by atoms with Crippen molar-refractivity contribution in [3.63, 3.8) is 0 Å². The third-order valence-electron chi connectivity index (χ3n) is 3.02. The van der Waals surface area contributed by atoms with Crippen LogP contribution in [0.25, 0.3) is 0 Å². The monoisotopic (exact) mass is 272 g/mol. The van der Waals surface area contributed by atoms with Gasteiger partial charge in [0.15, 0.2) is 0 Å². The second-order valence-electron chi connectivity index (χ2n) is 4.16. The van der Waals surface area contributed by atoms with Crippen molar-refractivity contribution in [3.05, 3.63) is 33.8 Å². The summed E-state index contributed by atoms with van der Waals surface area (Å²) < 4.78 is 0. The maximum absolute atomic E-state index is 11.8. The van der Waals surface area contributed by atoms with Gasteiger partial charge >= 0.3 is 0 Å². The molecule has 1 aliphatic heterocycles. The molecular weight excluding hydrogens is 259 g/mol. The maximum atomic E-state index is 11.8. The summed E-state index contributed by atoms with van der Waals surface area (Å²) in [5.41, 5.74) is 6.35. The molecule has 0 aliphatic carbocycles. The van der Waals surface area contributed by atoms with E-state index in [2.05, 4.69) is 0 Å². The lowest BCUT2D eigenvalue weighted by atomic mass is 9.98. The molecule has 1 amide bonds. The van der Waals surface area contributed by atoms with E-state index in [1.54, 1.807) is 17.0 Å². The van der Waals surface area contributed by atoms with Crippen LogP contribution in [0.15, 0.2) is 18.2 Å². The zero-order valence-electron chi connectivity index (χ0n) is 9.33. The Morgan fingerprint density at radius 2 is 2.00 bits per heavy atom. The normalized spacial score (nSPS) is 20.1. The van der Waals surface area contributed by atoms with Gasteiger partial charge in [-0.15, -0.1) is 0 Å². The summed E-state index contributed by atoms with van der Waals surface area (Å²) in [5.74, 6) is 0.201. The minimum Gasteiger partial charge on any atom is -0.341 e. The highest BCUT2D eigenvalue weighted by Crippen LogP contribution is 2.37. The molecule has 1 aromatic rings. The lowest BCUT2D eigenvalue weighted by Gasteiger charge is -2.16. The Morgan fingerprint density at radius 3 is 2.59 bits per heavy atom. The minimum atomic E-state index is 0.0789. The number of rotatable bonds is 3. The van der Waals surface area contributed by atoms with Crippen LogP contribution >= 0.6 is 23.2 Å². The summed E-state index contributed by atoms with van der Waals surface area (Å²) in [6, 6.07) is 5.42. The van der Waals surface area contributed by atoms with Gasteiger partial charge in [-0.3, -0.25) is 4.79 Å². The highest BCUT2D eigenvalue weighted by atomic mass is 35.5. The van der Waals surface area contributed by atoms with Crippen LogP contribution < -0.4 is 5.73 Å². The van der Waals surface area contributed by atoms with Gasteiger partial charge in [-0.05, 0) is 17.7 Å². The molecule has 1 saturated heterocycles. The van der Waals surface area contributed by atoms with Gasteiger partial charge in [0.25, 0.3) is 0 Å². The van der Waals surface area contributed by atoms with Crippen molar-refractivity contribution in [2.75, 3.05) is 19.6 Å². The van der Waals surface area contributed by atoms with Crippen LogP contribution in [0.2, 0.25) is 10.0 Å². The fourth-order valence-electron chi connectivity index (χ4n) is 2.24. The molecule has 0 spiro atoms. The first-order chi connectivity index (χ1) is 8.13. The number of carbonyl (C=O) groups excluding carboxylic acids is 1. The van der Waals surface area contributed by atoms with E-state index in [1.807, 2.05) is 6.07 Å². The number of likely N-dealkylation sites (tertiary alicyclic amines) is 1. The van der Waals surface area contributed by atoms with Crippen molar-refractivity contribution >= 4 is 29.1 Å². The molecule has 5 heteroatoms. The van der Waals surface area contributed by atoms with Gasteiger partial charge in [0.1, 0.15) is 0 Å². The van der Waals surface area contributed by atoms with Gasteiger partial charge in [-0.25, -0.2) is 0 Å². The van der Waals surface area contributed by atoms with E-state index in [4.69, 9.17) is 28.9 Å². The van der Waals surface area contributed by atoms with Gasteiger partial charge in [-0.1, -0.05) is 29.3 Å². The van der Waals surface area contributed by atoms with Crippen molar-refractivity contribution in [3.8, 4) is 0 Å². The van der Waals surface area contributed by atoms with Gasteiger partial charge < -0.3 is 10.6 Å². The fourth-order valence-corrected chi connectivity index (χ4v) is 2.94. The molecular formula is C12H14Cl2N2O. The van der Waals surface area contributed by atoms with Crippen molar-refractivity contribution < 1.29 is 4.79 Å². The predicted molar refractivity (Wildman–Crippen MR) is 69.5 cm³/mol. The summed E-state index contributed by atoms with van der Waals surface area (Å²) in [5, 5.41) is 1.26. The molecule has 17 heavy (non-hydrogen) atoms. The first-order valence-electron chi connectivity index (χ1n) is 5.55. The lowest BCUT2D eigenvalue weighted by molar-refractivity contribution is -0.127. The Bertz CT molecular complexity index is 416. The predicted octanol–water partition coefficient (Wildman–Crippen LogP) is 2.27. The topological polar surface area (TPSA) is 46.3 Å². The molecule has 0 radical (unpaired) electrons. The van der Waals surface area contributed by atoms with E-state index >= 15 is 0 Å². The Labute approximate surface area is 110 Å². The summed E-state index contributed by atoms with van der Waals surface area (Å²) in [6.07, 6.45) is 0.462. The molecule has 0 saturated carbocycles. The zero-order chi connectivity index (χ0) is 12.4. The van der Waals surface area contributed by atoms with E-state index in [9.17, 15) is 4.79 Å².